The molecule has 2 aromatic carbocycles. The van der Waals surface area contributed by atoms with Crippen LogP contribution in [0.4, 0.5) is 0 Å². The summed E-state index contributed by atoms with van der Waals surface area (Å²) in [5.74, 6) is 1.63. The Hall–Kier alpha value is -0.520. The van der Waals surface area contributed by atoms with Crippen LogP contribution in [0.15, 0.2) is 45.3 Å². The fraction of sp³-hybridized carbons (Fsp3) is 0.200. The SMILES string of the molecule is COc1ccc(OC)c(C(Br)c2ccc(Br)cc2Br)c1. The van der Waals surface area contributed by atoms with Crippen LogP contribution in [0.1, 0.15) is 16.0 Å². The van der Waals surface area contributed by atoms with Crippen molar-refractivity contribution in [1.29, 1.82) is 0 Å². The first-order valence-corrected chi connectivity index (χ1v) is 8.38. The largest absolute Gasteiger partial charge is 0.497 e. The van der Waals surface area contributed by atoms with Gasteiger partial charge in [-0.3, -0.25) is 0 Å². The van der Waals surface area contributed by atoms with E-state index in [9.17, 15) is 0 Å². The van der Waals surface area contributed by atoms with Gasteiger partial charge in [-0.2, -0.15) is 0 Å². The van der Waals surface area contributed by atoms with E-state index in [-0.39, 0.29) is 4.83 Å². The molecule has 0 aliphatic carbocycles. The van der Waals surface area contributed by atoms with Gasteiger partial charge < -0.3 is 9.47 Å². The van der Waals surface area contributed by atoms with E-state index in [2.05, 4.69) is 53.9 Å². The smallest absolute Gasteiger partial charge is 0.123 e. The van der Waals surface area contributed by atoms with Gasteiger partial charge in [-0.1, -0.05) is 53.9 Å². The normalized spacial score (nSPS) is 12.1. The molecule has 0 amide bonds. The molecular weight excluding hydrogens is 452 g/mol. The van der Waals surface area contributed by atoms with Crippen LogP contribution < -0.4 is 9.47 Å². The highest BCUT2D eigenvalue weighted by molar-refractivity contribution is 9.11. The molecule has 0 aliphatic heterocycles. The van der Waals surface area contributed by atoms with Crippen LogP contribution in [0.3, 0.4) is 0 Å². The summed E-state index contributed by atoms with van der Waals surface area (Å²) in [4.78, 5) is 0.00928. The number of rotatable bonds is 4. The van der Waals surface area contributed by atoms with Gasteiger partial charge in [-0.05, 0) is 35.9 Å². The molecule has 0 bridgehead atoms. The van der Waals surface area contributed by atoms with Crippen molar-refractivity contribution in [3.63, 3.8) is 0 Å². The monoisotopic (exact) mass is 462 g/mol. The number of benzene rings is 2. The molecule has 0 heterocycles. The minimum atomic E-state index is 0.00928. The highest BCUT2D eigenvalue weighted by Crippen LogP contribution is 2.41. The molecule has 106 valence electrons. The van der Waals surface area contributed by atoms with Gasteiger partial charge in [0.2, 0.25) is 0 Å². The maximum absolute atomic E-state index is 5.44. The van der Waals surface area contributed by atoms with Gasteiger partial charge in [-0.25, -0.2) is 0 Å². The van der Waals surface area contributed by atoms with Gasteiger partial charge in [0.05, 0.1) is 19.0 Å². The molecular formula is C15H13Br3O2. The highest BCUT2D eigenvalue weighted by Gasteiger charge is 2.18. The summed E-state index contributed by atoms with van der Waals surface area (Å²) in [5.41, 5.74) is 2.15. The zero-order valence-corrected chi connectivity index (χ0v) is 15.7. The number of alkyl halides is 1. The maximum Gasteiger partial charge on any atom is 0.123 e. The first kappa shape index (κ1) is 15.9. The van der Waals surface area contributed by atoms with E-state index in [0.29, 0.717) is 0 Å². The average molecular weight is 465 g/mol. The third-order valence-corrected chi connectivity index (χ3v) is 5.11. The number of hydrogen-bond acceptors (Lipinski definition) is 2. The van der Waals surface area contributed by atoms with Crippen molar-refractivity contribution >= 4 is 47.8 Å². The Morgan fingerprint density at radius 2 is 1.65 bits per heavy atom. The van der Waals surface area contributed by atoms with Crippen molar-refractivity contribution in [2.75, 3.05) is 14.2 Å². The highest BCUT2D eigenvalue weighted by atomic mass is 79.9. The first-order valence-electron chi connectivity index (χ1n) is 5.87. The Labute approximate surface area is 143 Å². The fourth-order valence-electron chi connectivity index (χ4n) is 1.91. The second-order valence-corrected chi connectivity index (χ2v) is 6.82. The van der Waals surface area contributed by atoms with Crippen LogP contribution in [-0.2, 0) is 0 Å². The molecule has 2 aromatic rings. The predicted octanol–water partition coefficient (Wildman–Crippen LogP) is 5.71. The van der Waals surface area contributed by atoms with Crippen molar-refractivity contribution in [3.05, 3.63) is 56.5 Å². The third-order valence-electron chi connectivity index (χ3n) is 2.95. The van der Waals surface area contributed by atoms with E-state index in [1.54, 1.807) is 14.2 Å². The van der Waals surface area contributed by atoms with E-state index in [1.807, 2.05) is 30.3 Å². The molecule has 2 nitrogen and oxygen atoms in total. The summed E-state index contributed by atoms with van der Waals surface area (Å²) in [5, 5.41) is 0. The molecule has 1 atom stereocenters. The number of halogens is 3. The van der Waals surface area contributed by atoms with Gasteiger partial charge in [0.1, 0.15) is 11.5 Å². The minimum Gasteiger partial charge on any atom is -0.497 e. The van der Waals surface area contributed by atoms with Gasteiger partial charge in [-0.15, -0.1) is 0 Å². The lowest BCUT2D eigenvalue weighted by Crippen LogP contribution is -1.99. The van der Waals surface area contributed by atoms with Gasteiger partial charge in [0.25, 0.3) is 0 Å². The van der Waals surface area contributed by atoms with Crippen LogP contribution in [0.2, 0.25) is 0 Å². The Morgan fingerprint density at radius 1 is 0.900 bits per heavy atom. The van der Waals surface area contributed by atoms with Crippen LogP contribution in [0.5, 0.6) is 11.5 Å². The van der Waals surface area contributed by atoms with Crippen molar-refractivity contribution in [2.45, 2.75) is 4.83 Å². The number of hydrogen-bond donors (Lipinski definition) is 0. The molecule has 5 heteroatoms. The van der Waals surface area contributed by atoms with Crippen molar-refractivity contribution < 1.29 is 9.47 Å². The summed E-state index contributed by atoms with van der Waals surface area (Å²) >= 11 is 10.8. The van der Waals surface area contributed by atoms with Crippen molar-refractivity contribution in [1.82, 2.24) is 0 Å². The zero-order chi connectivity index (χ0) is 14.7. The average Bonchev–Trinajstić information content (AvgIpc) is 2.46. The molecule has 0 saturated carbocycles. The summed E-state index contributed by atoms with van der Waals surface area (Å²) in [7, 11) is 3.33. The van der Waals surface area contributed by atoms with Crippen molar-refractivity contribution in [2.24, 2.45) is 0 Å². The molecule has 0 aliphatic rings. The van der Waals surface area contributed by atoms with E-state index in [4.69, 9.17) is 9.47 Å². The lowest BCUT2D eigenvalue weighted by Gasteiger charge is -2.17. The van der Waals surface area contributed by atoms with E-state index in [1.165, 1.54) is 0 Å². The maximum atomic E-state index is 5.44. The number of ether oxygens (including phenoxy) is 2. The lowest BCUT2D eigenvalue weighted by molar-refractivity contribution is 0.399. The number of methoxy groups -OCH3 is 2. The van der Waals surface area contributed by atoms with Crippen LogP contribution >= 0.6 is 47.8 Å². The van der Waals surface area contributed by atoms with E-state index >= 15 is 0 Å². The van der Waals surface area contributed by atoms with Gasteiger partial charge in [0.15, 0.2) is 0 Å². The summed E-state index contributed by atoms with van der Waals surface area (Å²) < 4.78 is 12.8. The quantitative estimate of drug-likeness (QED) is 0.539. The Balaban J connectivity index is 2.48. The molecule has 2 rings (SSSR count). The Morgan fingerprint density at radius 3 is 2.25 bits per heavy atom. The summed E-state index contributed by atoms with van der Waals surface area (Å²) in [6.45, 7) is 0. The van der Waals surface area contributed by atoms with Gasteiger partial charge in [0, 0.05) is 14.5 Å². The molecule has 1 unspecified atom stereocenters. The molecule has 0 radical (unpaired) electrons. The topological polar surface area (TPSA) is 18.5 Å². The summed E-state index contributed by atoms with van der Waals surface area (Å²) in [6, 6.07) is 11.9. The van der Waals surface area contributed by atoms with E-state index in [0.717, 1.165) is 31.6 Å². The van der Waals surface area contributed by atoms with Crippen molar-refractivity contribution in [3.8, 4) is 11.5 Å². The fourth-order valence-corrected chi connectivity index (χ4v) is 4.25. The van der Waals surface area contributed by atoms with Crippen LogP contribution in [-0.4, -0.2) is 14.2 Å². The molecule has 0 fully saturated rings. The van der Waals surface area contributed by atoms with Gasteiger partial charge >= 0.3 is 0 Å². The minimum absolute atomic E-state index is 0.00928. The molecule has 0 N–H and O–H groups in total. The molecule has 20 heavy (non-hydrogen) atoms. The lowest BCUT2D eigenvalue weighted by atomic mass is 10.0. The molecule has 0 saturated heterocycles. The van der Waals surface area contributed by atoms with Crippen LogP contribution in [0.25, 0.3) is 0 Å². The first-order chi connectivity index (χ1) is 9.56. The standard InChI is InChI=1S/C15H13Br3O2/c1-19-10-4-6-14(20-2)12(8-10)15(18)11-5-3-9(16)7-13(11)17/h3-8,15H,1-2H3. The second kappa shape index (κ2) is 6.96. The van der Waals surface area contributed by atoms with E-state index < -0.39 is 0 Å². The summed E-state index contributed by atoms with van der Waals surface area (Å²) in [6.07, 6.45) is 0. The molecule has 0 spiro atoms. The molecule has 0 aromatic heterocycles. The Kier molecular flexibility index (Phi) is 5.52. The zero-order valence-electron chi connectivity index (χ0n) is 11.0. The van der Waals surface area contributed by atoms with Crippen LogP contribution in [0, 0.1) is 0 Å². The predicted molar refractivity (Wildman–Crippen MR) is 92.2 cm³/mol. The third kappa shape index (κ3) is 3.38. The second-order valence-electron chi connectivity index (χ2n) is 4.14. The Bertz CT molecular complexity index is 614.